The smallest absolute Gasteiger partial charge is 0.469 e. The summed E-state index contributed by atoms with van der Waals surface area (Å²) in [7, 11) is -4.46. The van der Waals surface area contributed by atoms with Crippen molar-refractivity contribution in [2.45, 2.75) is 33.6 Å². The minimum Gasteiger partial charge on any atom is -0.493 e. The number of carbonyl (C=O) groups excluding carboxylic acids is 1. The molecule has 0 atom stereocenters. The van der Waals surface area contributed by atoms with Gasteiger partial charge in [0.25, 0.3) is 0 Å². The average Bonchev–Trinajstić information content (AvgIpc) is 3.41. The van der Waals surface area contributed by atoms with Crippen LogP contribution in [0.25, 0.3) is 10.9 Å². The number of carbonyl (C=O) groups is 1. The van der Waals surface area contributed by atoms with Crippen molar-refractivity contribution < 1.29 is 32.8 Å². The molecule has 0 fully saturated rings. The Hall–Kier alpha value is -3.94. The first-order valence-electron chi connectivity index (χ1n) is 13.9. The van der Waals surface area contributed by atoms with E-state index in [-0.39, 0.29) is 18.9 Å². The molecule has 2 aromatic carbocycles. The summed E-state index contributed by atoms with van der Waals surface area (Å²) in [5.74, 6) is 0.880. The number of hydrogen-bond acceptors (Lipinski definition) is 9. The number of hydrogen-bond donors (Lipinski definition) is 5. The molecule has 1 amide bonds. The van der Waals surface area contributed by atoms with E-state index in [0.717, 1.165) is 5.39 Å². The molecule has 0 bridgehead atoms. The van der Waals surface area contributed by atoms with Crippen molar-refractivity contribution in [3.63, 3.8) is 0 Å². The molecule has 0 spiro atoms. The SMILES string of the molecule is CC.CCN(CCCOc1ccc2c(Nc3cc(CC(=O)Nc4cccc(F)c4)[nH]n3)ncnc2c1)CCOP(=O)(O)O. The van der Waals surface area contributed by atoms with Crippen molar-refractivity contribution in [1.29, 1.82) is 0 Å². The minimum absolute atomic E-state index is 0.0214. The largest absolute Gasteiger partial charge is 0.493 e. The number of anilines is 3. The lowest BCUT2D eigenvalue weighted by molar-refractivity contribution is -0.115. The Morgan fingerprint density at radius 1 is 1.09 bits per heavy atom. The van der Waals surface area contributed by atoms with Gasteiger partial charge in [0.05, 0.1) is 25.2 Å². The minimum atomic E-state index is -4.46. The first-order chi connectivity index (χ1) is 20.7. The first-order valence-corrected chi connectivity index (χ1v) is 15.4. The summed E-state index contributed by atoms with van der Waals surface area (Å²) >= 11 is 0. The summed E-state index contributed by atoms with van der Waals surface area (Å²) in [6.07, 6.45) is 2.15. The Morgan fingerprint density at radius 3 is 2.65 bits per heavy atom. The quantitative estimate of drug-likeness (QED) is 0.0928. The lowest BCUT2D eigenvalue weighted by Crippen LogP contribution is -2.29. The Labute approximate surface area is 249 Å². The molecule has 15 heteroatoms. The molecule has 4 rings (SSSR count). The van der Waals surface area contributed by atoms with Crippen molar-refractivity contribution in [2.75, 3.05) is 43.5 Å². The molecule has 232 valence electrons. The van der Waals surface area contributed by atoms with Gasteiger partial charge >= 0.3 is 7.82 Å². The Balaban J connectivity index is 0.00000248. The number of nitrogens with zero attached hydrogens (tertiary/aromatic N) is 4. The number of amides is 1. The van der Waals surface area contributed by atoms with E-state index in [4.69, 9.17) is 14.5 Å². The van der Waals surface area contributed by atoms with E-state index < -0.39 is 13.6 Å². The molecular weight excluding hydrogens is 580 g/mol. The predicted molar refractivity (Wildman–Crippen MR) is 162 cm³/mol. The molecule has 2 heterocycles. The summed E-state index contributed by atoms with van der Waals surface area (Å²) in [6, 6.07) is 12.8. The Morgan fingerprint density at radius 2 is 1.91 bits per heavy atom. The van der Waals surface area contributed by atoms with Gasteiger partial charge in [-0.25, -0.2) is 18.9 Å². The van der Waals surface area contributed by atoms with E-state index in [1.54, 1.807) is 18.2 Å². The molecule has 0 saturated carbocycles. The number of rotatable bonds is 15. The summed E-state index contributed by atoms with van der Waals surface area (Å²) in [6.45, 7) is 8.16. The van der Waals surface area contributed by atoms with Crippen LogP contribution in [0.4, 0.5) is 21.7 Å². The van der Waals surface area contributed by atoms with Gasteiger partial charge in [0.1, 0.15) is 23.7 Å². The van der Waals surface area contributed by atoms with Crippen molar-refractivity contribution in [2.24, 2.45) is 0 Å². The second-order valence-electron chi connectivity index (χ2n) is 9.00. The zero-order valence-electron chi connectivity index (χ0n) is 24.3. The van der Waals surface area contributed by atoms with Crippen LogP contribution in [-0.4, -0.2) is 73.6 Å². The number of aromatic amines is 1. The fourth-order valence-corrected chi connectivity index (χ4v) is 4.32. The normalized spacial score (nSPS) is 11.2. The van der Waals surface area contributed by atoms with Gasteiger partial charge in [-0.1, -0.05) is 26.8 Å². The molecule has 0 aliphatic heterocycles. The van der Waals surface area contributed by atoms with Crippen LogP contribution >= 0.6 is 7.82 Å². The molecule has 4 aromatic rings. The van der Waals surface area contributed by atoms with Crippen LogP contribution in [0.3, 0.4) is 0 Å². The zero-order chi connectivity index (χ0) is 31.2. The van der Waals surface area contributed by atoms with Crippen LogP contribution in [0.2, 0.25) is 0 Å². The van der Waals surface area contributed by atoms with Gasteiger partial charge in [-0.3, -0.25) is 14.4 Å². The number of likely N-dealkylation sites (N-methyl/N-ethyl adjacent to an activating group) is 1. The molecule has 0 aliphatic carbocycles. The van der Waals surface area contributed by atoms with E-state index in [0.29, 0.717) is 66.9 Å². The van der Waals surface area contributed by atoms with Crippen LogP contribution in [0, 0.1) is 5.82 Å². The standard InChI is InChI=1S/C26H31FN7O6P.C2H6/c1-2-34(10-12-40-41(36,37)38)9-4-11-39-21-7-8-22-23(16-21)28-17-29-26(22)31-24-14-20(32-33-24)15-25(35)30-19-6-3-5-18(27)13-19;1-2/h3,5-8,13-14,16-17H,2,4,9-12,15H2,1H3,(H,30,35)(H2,36,37,38)(H2,28,29,31,32,33);1-2H3. The average molecular weight is 618 g/mol. The molecule has 0 unspecified atom stereocenters. The van der Waals surface area contributed by atoms with E-state index in [1.165, 1.54) is 24.5 Å². The Kier molecular flexibility index (Phi) is 13.0. The number of phosphoric ester groups is 1. The maximum Gasteiger partial charge on any atom is 0.469 e. The summed E-state index contributed by atoms with van der Waals surface area (Å²) < 4.78 is 34.5. The molecule has 0 radical (unpaired) electrons. The summed E-state index contributed by atoms with van der Waals surface area (Å²) in [4.78, 5) is 40.6. The lowest BCUT2D eigenvalue weighted by Gasteiger charge is -2.20. The third kappa shape index (κ3) is 11.3. The van der Waals surface area contributed by atoms with Gasteiger partial charge in [0, 0.05) is 42.0 Å². The van der Waals surface area contributed by atoms with Crippen molar-refractivity contribution in [3.05, 3.63) is 66.4 Å². The van der Waals surface area contributed by atoms with Crippen LogP contribution in [0.15, 0.2) is 54.9 Å². The summed E-state index contributed by atoms with van der Waals surface area (Å²) in [5.41, 5.74) is 1.60. The van der Waals surface area contributed by atoms with Crippen LogP contribution in [-0.2, 0) is 20.3 Å². The van der Waals surface area contributed by atoms with Crippen molar-refractivity contribution in [3.8, 4) is 5.75 Å². The number of H-pyrrole nitrogens is 1. The van der Waals surface area contributed by atoms with E-state index in [9.17, 15) is 13.8 Å². The van der Waals surface area contributed by atoms with Crippen molar-refractivity contribution >= 4 is 42.0 Å². The third-order valence-corrected chi connectivity index (χ3v) is 6.47. The fourth-order valence-electron chi connectivity index (χ4n) is 4.00. The molecular formula is C28H37FN7O6P. The molecule has 0 aliphatic rings. The first kappa shape index (κ1) is 33.6. The second-order valence-corrected chi connectivity index (χ2v) is 10.2. The highest BCUT2D eigenvalue weighted by molar-refractivity contribution is 7.46. The fraction of sp³-hybridized carbons (Fsp3) is 0.357. The number of phosphoric acid groups is 1. The predicted octanol–water partition coefficient (Wildman–Crippen LogP) is 4.64. The number of benzene rings is 2. The zero-order valence-corrected chi connectivity index (χ0v) is 25.2. The van der Waals surface area contributed by atoms with E-state index >= 15 is 0 Å². The van der Waals surface area contributed by atoms with Gasteiger partial charge in [-0.05, 0) is 43.3 Å². The second kappa shape index (κ2) is 16.6. The lowest BCUT2D eigenvalue weighted by atomic mass is 10.2. The number of ether oxygens (including phenoxy) is 1. The van der Waals surface area contributed by atoms with Crippen LogP contribution < -0.4 is 15.4 Å². The number of halogens is 1. The highest BCUT2D eigenvalue weighted by Gasteiger charge is 2.14. The van der Waals surface area contributed by atoms with Gasteiger partial charge in [0.2, 0.25) is 5.91 Å². The van der Waals surface area contributed by atoms with Crippen LogP contribution in [0.5, 0.6) is 5.75 Å². The molecule has 5 N–H and O–H groups in total. The maximum absolute atomic E-state index is 13.3. The molecule has 43 heavy (non-hydrogen) atoms. The molecule has 13 nitrogen and oxygen atoms in total. The monoisotopic (exact) mass is 617 g/mol. The third-order valence-electron chi connectivity index (χ3n) is 5.95. The van der Waals surface area contributed by atoms with Crippen molar-refractivity contribution in [1.82, 2.24) is 25.1 Å². The molecule has 2 aromatic heterocycles. The van der Waals surface area contributed by atoms with Crippen LogP contribution in [0.1, 0.15) is 32.9 Å². The van der Waals surface area contributed by atoms with E-state index in [1.807, 2.05) is 37.8 Å². The highest BCUT2D eigenvalue weighted by Crippen LogP contribution is 2.35. The van der Waals surface area contributed by atoms with E-state index in [2.05, 4.69) is 35.3 Å². The van der Waals surface area contributed by atoms with Gasteiger partial charge in [0.15, 0.2) is 5.82 Å². The topological polar surface area (TPSA) is 175 Å². The highest BCUT2D eigenvalue weighted by atomic mass is 31.2. The number of nitrogens with one attached hydrogen (secondary N) is 3. The maximum atomic E-state index is 13.3. The Bertz CT molecular complexity index is 1520. The summed E-state index contributed by atoms with van der Waals surface area (Å²) in [5, 5.41) is 13.5. The van der Waals surface area contributed by atoms with Gasteiger partial charge < -0.3 is 30.1 Å². The number of aromatic nitrogens is 4. The number of fused-ring (bicyclic) bond motifs is 1. The van der Waals surface area contributed by atoms with Gasteiger partial charge in [-0.2, -0.15) is 5.10 Å². The molecule has 0 saturated heterocycles. The van der Waals surface area contributed by atoms with Gasteiger partial charge in [-0.15, -0.1) is 0 Å².